The van der Waals surface area contributed by atoms with Crippen LogP contribution in [0.5, 0.6) is 5.75 Å². The standard InChI is InChI=1S/C20H27NO3/c1-16-8-9-20(17(2)12-16)24-15-19(23)14-21(10-11-22)13-18-6-4-3-5-7-18/h3-9,12,19,22-23H,10-11,13-15H2,1-2H3/p+1/t19-/m0/s1. The van der Waals surface area contributed by atoms with E-state index in [2.05, 4.69) is 18.2 Å². The van der Waals surface area contributed by atoms with Crippen LogP contribution >= 0.6 is 0 Å². The zero-order chi connectivity index (χ0) is 17.4. The van der Waals surface area contributed by atoms with Crippen molar-refractivity contribution >= 4 is 0 Å². The Balaban J connectivity index is 1.86. The van der Waals surface area contributed by atoms with Crippen molar-refractivity contribution < 1.29 is 19.8 Å². The molecule has 0 aliphatic rings. The third kappa shape index (κ3) is 5.96. The van der Waals surface area contributed by atoms with Crippen LogP contribution < -0.4 is 9.64 Å². The highest BCUT2D eigenvalue weighted by Crippen LogP contribution is 2.18. The van der Waals surface area contributed by atoms with Gasteiger partial charge in [0.2, 0.25) is 0 Å². The van der Waals surface area contributed by atoms with Gasteiger partial charge in [0.05, 0.1) is 6.61 Å². The fraction of sp³-hybridized carbons (Fsp3) is 0.400. The van der Waals surface area contributed by atoms with E-state index in [-0.39, 0.29) is 13.2 Å². The molecule has 2 aromatic carbocycles. The summed E-state index contributed by atoms with van der Waals surface area (Å²) in [6.45, 7) is 6.34. The van der Waals surface area contributed by atoms with E-state index >= 15 is 0 Å². The molecular formula is C20H28NO3+. The van der Waals surface area contributed by atoms with E-state index in [1.54, 1.807) is 0 Å². The number of aliphatic hydroxyl groups is 2. The van der Waals surface area contributed by atoms with Gasteiger partial charge in [-0.2, -0.15) is 0 Å². The van der Waals surface area contributed by atoms with Gasteiger partial charge in [-0.1, -0.05) is 48.0 Å². The molecule has 0 fully saturated rings. The lowest BCUT2D eigenvalue weighted by atomic mass is 10.1. The molecule has 24 heavy (non-hydrogen) atoms. The Morgan fingerprint density at radius 2 is 1.83 bits per heavy atom. The van der Waals surface area contributed by atoms with E-state index in [1.807, 2.05) is 44.2 Å². The topological polar surface area (TPSA) is 54.1 Å². The van der Waals surface area contributed by atoms with Gasteiger partial charge in [0.25, 0.3) is 0 Å². The molecule has 4 nitrogen and oxygen atoms in total. The van der Waals surface area contributed by atoms with E-state index in [0.29, 0.717) is 13.1 Å². The summed E-state index contributed by atoms with van der Waals surface area (Å²) in [6.07, 6.45) is -0.573. The SMILES string of the molecule is Cc1ccc(OC[C@@H](O)C[NH+](CCO)Cc2ccccc2)c(C)c1. The van der Waals surface area contributed by atoms with Crippen molar-refractivity contribution in [2.75, 3.05) is 26.3 Å². The van der Waals surface area contributed by atoms with Gasteiger partial charge in [-0.25, -0.2) is 0 Å². The average molecular weight is 330 g/mol. The van der Waals surface area contributed by atoms with Crippen molar-refractivity contribution in [2.45, 2.75) is 26.5 Å². The second-order valence-corrected chi connectivity index (χ2v) is 6.32. The predicted octanol–water partition coefficient (Wildman–Crippen LogP) is 1.12. The molecule has 2 rings (SSSR count). The first-order valence-electron chi connectivity index (χ1n) is 8.45. The summed E-state index contributed by atoms with van der Waals surface area (Å²) in [5.74, 6) is 0.811. The van der Waals surface area contributed by atoms with Crippen LogP contribution in [0.4, 0.5) is 0 Å². The fourth-order valence-electron chi connectivity index (χ4n) is 2.84. The predicted molar refractivity (Wildman–Crippen MR) is 95.3 cm³/mol. The Morgan fingerprint density at radius 3 is 2.50 bits per heavy atom. The molecule has 2 aromatic rings. The second-order valence-electron chi connectivity index (χ2n) is 6.32. The number of rotatable bonds is 9. The Labute approximate surface area is 144 Å². The monoisotopic (exact) mass is 330 g/mol. The summed E-state index contributed by atoms with van der Waals surface area (Å²) in [5, 5.41) is 19.6. The molecule has 0 aliphatic carbocycles. The smallest absolute Gasteiger partial charge is 0.137 e. The van der Waals surface area contributed by atoms with Crippen molar-refractivity contribution in [1.82, 2.24) is 0 Å². The van der Waals surface area contributed by atoms with Crippen LogP contribution in [-0.2, 0) is 6.54 Å². The van der Waals surface area contributed by atoms with Crippen LogP contribution in [0.15, 0.2) is 48.5 Å². The number of aryl methyl sites for hydroxylation is 2. The van der Waals surface area contributed by atoms with E-state index in [1.165, 1.54) is 11.1 Å². The van der Waals surface area contributed by atoms with Crippen molar-refractivity contribution in [3.05, 3.63) is 65.2 Å². The highest BCUT2D eigenvalue weighted by molar-refractivity contribution is 5.35. The summed E-state index contributed by atoms with van der Waals surface area (Å²) < 4.78 is 5.76. The van der Waals surface area contributed by atoms with Gasteiger partial charge in [0.1, 0.15) is 38.1 Å². The number of quaternary nitrogens is 1. The minimum Gasteiger partial charge on any atom is -0.490 e. The van der Waals surface area contributed by atoms with Gasteiger partial charge in [0, 0.05) is 5.56 Å². The van der Waals surface area contributed by atoms with Gasteiger partial charge in [-0.05, 0) is 25.5 Å². The largest absolute Gasteiger partial charge is 0.490 e. The normalized spacial score (nSPS) is 13.5. The maximum absolute atomic E-state index is 10.3. The third-order valence-electron chi connectivity index (χ3n) is 4.05. The average Bonchev–Trinajstić information content (AvgIpc) is 2.55. The summed E-state index contributed by atoms with van der Waals surface area (Å²) >= 11 is 0. The first-order valence-corrected chi connectivity index (χ1v) is 8.45. The van der Waals surface area contributed by atoms with Gasteiger partial charge in [0.15, 0.2) is 0 Å². The first-order chi connectivity index (χ1) is 11.6. The fourth-order valence-corrected chi connectivity index (χ4v) is 2.84. The lowest BCUT2D eigenvalue weighted by Gasteiger charge is -2.22. The summed E-state index contributed by atoms with van der Waals surface area (Å²) in [4.78, 5) is 1.14. The molecule has 2 atom stereocenters. The quantitative estimate of drug-likeness (QED) is 0.646. The van der Waals surface area contributed by atoms with E-state index in [4.69, 9.17) is 4.74 Å². The lowest BCUT2D eigenvalue weighted by Crippen LogP contribution is -3.12. The van der Waals surface area contributed by atoms with Crippen molar-refractivity contribution in [1.29, 1.82) is 0 Å². The van der Waals surface area contributed by atoms with Gasteiger partial charge < -0.3 is 19.8 Å². The summed E-state index contributed by atoms with van der Waals surface area (Å²) in [5.41, 5.74) is 3.47. The van der Waals surface area contributed by atoms with Crippen LogP contribution in [0.25, 0.3) is 0 Å². The molecule has 0 radical (unpaired) electrons. The van der Waals surface area contributed by atoms with E-state index < -0.39 is 6.10 Å². The van der Waals surface area contributed by atoms with Crippen LogP contribution in [-0.4, -0.2) is 42.6 Å². The summed E-state index contributed by atoms with van der Waals surface area (Å²) in [7, 11) is 0. The molecular weight excluding hydrogens is 302 g/mol. The van der Waals surface area contributed by atoms with Gasteiger partial charge in [-0.15, -0.1) is 0 Å². The molecule has 0 saturated carbocycles. The molecule has 0 saturated heterocycles. The minimum absolute atomic E-state index is 0.104. The molecule has 0 aliphatic heterocycles. The Morgan fingerprint density at radius 1 is 1.08 bits per heavy atom. The lowest BCUT2D eigenvalue weighted by molar-refractivity contribution is -0.917. The van der Waals surface area contributed by atoms with Crippen LogP contribution in [0.3, 0.4) is 0 Å². The summed E-state index contributed by atoms with van der Waals surface area (Å²) in [6, 6.07) is 16.2. The Hall–Kier alpha value is -1.88. The molecule has 1 unspecified atom stereocenters. The Kier molecular flexibility index (Phi) is 7.25. The molecule has 0 spiro atoms. The number of benzene rings is 2. The molecule has 130 valence electrons. The molecule has 0 aromatic heterocycles. The van der Waals surface area contributed by atoms with Crippen LogP contribution in [0.1, 0.15) is 16.7 Å². The third-order valence-corrected chi connectivity index (χ3v) is 4.05. The maximum atomic E-state index is 10.3. The zero-order valence-corrected chi connectivity index (χ0v) is 14.5. The highest BCUT2D eigenvalue weighted by atomic mass is 16.5. The van der Waals surface area contributed by atoms with E-state index in [9.17, 15) is 10.2 Å². The highest BCUT2D eigenvalue weighted by Gasteiger charge is 2.16. The molecule has 4 heteroatoms. The zero-order valence-electron chi connectivity index (χ0n) is 14.5. The van der Waals surface area contributed by atoms with Crippen molar-refractivity contribution in [3.63, 3.8) is 0 Å². The number of hydrogen-bond donors (Lipinski definition) is 3. The minimum atomic E-state index is -0.573. The molecule has 0 heterocycles. The van der Waals surface area contributed by atoms with Crippen molar-refractivity contribution in [3.8, 4) is 5.75 Å². The maximum Gasteiger partial charge on any atom is 0.137 e. The van der Waals surface area contributed by atoms with Crippen LogP contribution in [0, 0.1) is 13.8 Å². The van der Waals surface area contributed by atoms with Gasteiger partial charge in [-0.3, -0.25) is 0 Å². The molecule has 0 bridgehead atoms. The number of hydrogen-bond acceptors (Lipinski definition) is 3. The second kappa shape index (κ2) is 9.42. The molecule has 0 amide bonds. The van der Waals surface area contributed by atoms with Crippen molar-refractivity contribution in [2.24, 2.45) is 0 Å². The number of aliphatic hydroxyl groups excluding tert-OH is 2. The molecule has 3 N–H and O–H groups in total. The number of ether oxygens (including phenoxy) is 1. The van der Waals surface area contributed by atoms with Crippen LogP contribution in [0.2, 0.25) is 0 Å². The first kappa shape index (κ1) is 18.5. The van der Waals surface area contributed by atoms with E-state index in [0.717, 1.165) is 22.8 Å². The number of nitrogens with one attached hydrogen (secondary N) is 1. The Bertz CT molecular complexity index is 616. The van der Waals surface area contributed by atoms with Gasteiger partial charge >= 0.3 is 0 Å².